The summed E-state index contributed by atoms with van der Waals surface area (Å²) >= 11 is 0. The van der Waals surface area contributed by atoms with Crippen LogP contribution < -0.4 is 5.32 Å². The Morgan fingerprint density at radius 3 is 2.78 bits per heavy atom. The van der Waals surface area contributed by atoms with Gasteiger partial charge < -0.3 is 15.1 Å². The van der Waals surface area contributed by atoms with Gasteiger partial charge in [-0.15, -0.1) is 0 Å². The quantitative estimate of drug-likeness (QED) is 0.927. The molecule has 2 heterocycles. The number of carbonyl (C=O) groups is 2. The average molecular weight is 315 g/mol. The van der Waals surface area contributed by atoms with E-state index in [4.69, 9.17) is 4.84 Å². The van der Waals surface area contributed by atoms with E-state index in [9.17, 15) is 9.59 Å². The molecule has 2 aliphatic rings. The summed E-state index contributed by atoms with van der Waals surface area (Å²) in [4.78, 5) is 31.9. The molecule has 1 aromatic carbocycles. The van der Waals surface area contributed by atoms with Crippen LogP contribution in [0.1, 0.15) is 44.2 Å². The molecule has 122 valence electrons. The first-order valence-electron chi connectivity index (χ1n) is 8.03. The van der Waals surface area contributed by atoms with Gasteiger partial charge in [0.15, 0.2) is 5.84 Å². The van der Waals surface area contributed by atoms with Gasteiger partial charge in [-0.25, -0.2) is 0 Å². The Balaban J connectivity index is 1.82. The van der Waals surface area contributed by atoms with Crippen molar-refractivity contribution in [2.24, 2.45) is 5.16 Å². The summed E-state index contributed by atoms with van der Waals surface area (Å²) in [5.74, 6) is 0.314. The second-order valence-electron chi connectivity index (χ2n) is 6.00. The van der Waals surface area contributed by atoms with E-state index in [1.807, 2.05) is 37.3 Å². The van der Waals surface area contributed by atoms with Crippen molar-refractivity contribution < 1.29 is 14.4 Å². The number of nitrogens with one attached hydrogen (secondary N) is 1. The van der Waals surface area contributed by atoms with Crippen LogP contribution in [0.3, 0.4) is 0 Å². The standard InChI is InChI=1S/C17H21N3O3/c1-12-11-14(19-23-12)18-17(22)16(13-7-3-2-4-8-13)20-10-6-5-9-15(20)21/h2-4,7-8,12,16H,5-6,9-11H2,1H3,(H,18,19,22)/t12-,16+/m0/s1. The summed E-state index contributed by atoms with van der Waals surface area (Å²) in [6.07, 6.45) is 2.84. The number of nitrogens with zero attached hydrogens (tertiary/aromatic N) is 2. The van der Waals surface area contributed by atoms with Gasteiger partial charge in [0.2, 0.25) is 5.91 Å². The van der Waals surface area contributed by atoms with Crippen LogP contribution in [0.4, 0.5) is 0 Å². The van der Waals surface area contributed by atoms with Crippen molar-refractivity contribution >= 4 is 17.6 Å². The fourth-order valence-corrected chi connectivity index (χ4v) is 2.99. The smallest absolute Gasteiger partial charge is 0.252 e. The molecule has 0 aliphatic carbocycles. The van der Waals surface area contributed by atoms with Crippen LogP contribution in [0.25, 0.3) is 0 Å². The van der Waals surface area contributed by atoms with Gasteiger partial charge in [0.05, 0.1) is 0 Å². The largest absolute Gasteiger partial charge is 0.391 e. The normalized spacial score (nSPS) is 22.3. The average Bonchev–Trinajstić information content (AvgIpc) is 2.95. The van der Waals surface area contributed by atoms with E-state index >= 15 is 0 Å². The van der Waals surface area contributed by atoms with E-state index in [1.165, 1.54) is 0 Å². The van der Waals surface area contributed by atoms with E-state index in [-0.39, 0.29) is 17.9 Å². The van der Waals surface area contributed by atoms with E-state index in [2.05, 4.69) is 10.5 Å². The summed E-state index contributed by atoms with van der Waals surface area (Å²) in [6.45, 7) is 2.50. The molecule has 1 N–H and O–H groups in total. The molecule has 0 aromatic heterocycles. The molecule has 3 rings (SSSR count). The summed E-state index contributed by atoms with van der Waals surface area (Å²) in [7, 11) is 0. The van der Waals surface area contributed by atoms with E-state index < -0.39 is 6.04 Å². The molecule has 1 aromatic rings. The van der Waals surface area contributed by atoms with Crippen molar-refractivity contribution in [1.82, 2.24) is 10.2 Å². The topological polar surface area (TPSA) is 71.0 Å². The minimum Gasteiger partial charge on any atom is -0.391 e. The third kappa shape index (κ3) is 3.52. The van der Waals surface area contributed by atoms with Gasteiger partial charge in [0.1, 0.15) is 12.1 Å². The zero-order chi connectivity index (χ0) is 16.2. The first-order valence-corrected chi connectivity index (χ1v) is 8.03. The van der Waals surface area contributed by atoms with Crippen molar-refractivity contribution in [3.05, 3.63) is 35.9 Å². The highest BCUT2D eigenvalue weighted by molar-refractivity contribution is 6.02. The number of piperidine rings is 1. The fourth-order valence-electron chi connectivity index (χ4n) is 2.99. The lowest BCUT2D eigenvalue weighted by Crippen LogP contribution is -2.47. The van der Waals surface area contributed by atoms with Crippen LogP contribution in [0, 0.1) is 0 Å². The van der Waals surface area contributed by atoms with Crippen molar-refractivity contribution in [2.75, 3.05) is 6.54 Å². The predicted molar refractivity (Wildman–Crippen MR) is 85.5 cm³/mol. The molecule has 2 aliphatic heterocycles. The SMILES string of the molecule is C[C@H]1CC(NC(=O)[C@@H](c2ccccc2)N2CCCCC2=O)=NO1. The summed E-state index contributed by atoms with van der Waals surface area (Å²) in [5, 5.41) is 6.70. The van der Waals surface area contributed by atoms with Crippen LogP contribution in [0.5, 0.6) is 0 Å². The Morgan fingerprint density at radius 1 is 1.35 bits per heavy atom. The molecule has 0 saturated carbocycles. The van der Waals surface area contributed by atoms with E-state index in [0.29, 0.717) is 25.2 Å². The third-order valence-corrected chi connectivity index (χ3v) is 4.13. The second-order valence-corrected chi connectivity index (χ2v) is 6.00. The number of hydrogen-bond acceptors (Lipinski definition) is 4. The van der Waals surface area contributed by atoms with E-state index in [0.717, 1.165) is 18.4 Å². The van der Waals surface area contributed by atoms with Crippen LogP contribution in [0.2, 0.25) is 0 Å². The van der Waals surface area contributed by atoms with Crippen LogP contribution in [0.15, 0.2) is 35.5 Å². The molecule has 0 spiro atoms. The number of amides is 2. The van der Waals surface area contributed by atoms with Crippen molar-refractivity contribution in [3.8, 4) is 0 Å². The number of hydrogen-bond donors (Lipinski definition) is 1. The summed E-state index contributed by atoms with van der Waals surface area (Å²) in [5.41, 5.74) is 0.813. The lowest BCUT2D eigenvalue weighted by molar-refractivity contribution is -0.142. The van der Waals surface area contributed by atoms with Gasteiger partial charge in [-0.2, -0.15) is 0 Å². The van der Waals surface area contributed by atoms with Gasteiger partial charge >= 0.3 is 0 Å². The maximum atomic E-state index is 12.8. The van der Waals surface area contributed by atoms with Crippen molar-refractivity contribution in [2.45, 2.75) is 44.8 Å². The highest BCUT2D eigenvalue weighted by atomic mass is 16.6. The number of likely N-dealkylation sites (tertiary alicyclic amines) is 1. The van der Waals surface area contributed by atoms with Gasteiger partial charge in [-0.05, 0) is 25.3 Å². The lowest BCUT2D eigenvalue weighted by Gasteiger charge is -2.34. The third-order valence-electron chi connectivity index (χ3n) is 4.13. The monoisotopic (exact) mass is 315 g/mol. The molecule has 0 bridgehead atoms. The Kier molecular flexibility index (Phi) is 4.60. The number of carbonyl (C=O) groups excluding carboxylic acids is 2. The van der Waals surface area contributed by atoms with Gasteiger partial charge in [-0.1, -0.05) is 35.5 Å². The summed E-state index contributed by atoms with van der Waals surface area (Å²) in [6, 6.07) is 8.78. The number of oxime groups is 1. The molecule has 6 nitrogen and oxygen atoms in total. The molecule has 1 saturated heterocycles. The molecular formula is C17H21N3O3. The maximum Gasteiger partial charge on any atom is 0.252 e. The zero-order valence-corrected chi connectivity index (χ0v) is 13.2. The van der Waals surface area contributed by atoms with Gasteiger partial charge in [-0.3, -0.25) is 9.59 Å². The molecule has 6 heteroatoms. The molecule has 23 heavy (non-hydrogen) atoms. The Morgan fingerprint density at radius 2 is 2.13 bits per heavy atom. The second kappa shape index (κ2) is 6.81. The molecular weight excluding hydrogens is 294 g/mol. The fraction of sp³-hybridized carbons (Fsp3) is 0.471. The number of benzene rings is 1. The van der Waals surface area contributed by atoms with Gasteiger partial charge in [0.25, 0.3) is 5.91 Å². The van der Waals surface area contributed by atoms with Gasteiger partial charge in [0, 0.05) is 19.4 Å². The number of rotatable bonds is 3. The van der Waals surface area contributed by atoms with Crippen LogP contribution in [-0.2, 0) is 14.4 Å². The Hall–Kier alpha value is -2.37. The highest BCUT2D eigenvalue weighted by Gasteiger charge is 2.33. The maximum absolute atomic E-state index is 12.8. The number of amidine groups is 1. The molecule has 2 atom stereocenters. The van der Waals surface area contributed by atoms with Crippen molar-refractivity contribution in [3.63, 3.8) is 0 Å². The predicted octanol–water partition coefficient (Wildman–Crippen LogP) is 1.98. The first kappa shape index (κ1) is 15.5. The van der Waals surface area contributed by atoms with Crippen LogP contribution >= 0.6 is 0 Å². The molecule has 0 radical (unpaired) electrons. The molecule has 0 unspecified atom stereocenters. The van der Waals surface area contributed by atoms with Crippen LogP contribution in [-0.4, -0.2) is 35.2 Å². The Labute approximate surface area is 135 Å². The van der Waals surface area contributed by atoms with E-state index in [1.54, 1.807) is 4.90 Å². The minimum atomic E-state index is -0.623. The summed E-state index contributed by atoms with van der Waals surface area (Å²) < 4.78 is 0. The molecule has 1 fully saturated rings. The highest BCUT2D eigenvalue weighted by Crippen LogP contribution is 2.26. The molecule has 2 amide bonds. The Bertz CT molecular complexity index is 615. The first-order chi connectivity index (χ1) is 11.1. The van der Waals surface area contributed by atoms with Crippen molar-refractivity contribution in [1.29, 1.82) is 0 Å². The lowest BCUT2D eigenvalue weighted by atomic mass is 10.0. The minimum absolute atomic E-state index is 0.0261. The zero-order valence-electron chi connectivity index (χ0n) is 13.2.